The van der Waals surface area contributed by atoms with E-state index in [1.165, 1.54) is 7.11 Å². The van der Waals surface area contributed by atoms with Crippen LogP contribution < -0.4 is 0 Å². The number of ether oxygens (including phenoxy) is 3. The molecule has 0 unspecified atom stereocenters. The lowest BCUT2D eigenvalue weighted by Gasteiger charge is -2.62. The van der Waals surface area contributed by atoms with Crippen LogP contribution in [0.4, 0.5) is 0 Å². The Bertz CT molecular complexity index is 1310. The zero-order valence-electron chi connectivity index (χ0n) is 23.3. The quantitative estimate of drug-likeness (QED) is 0.253. The predicted octanol–water partition coefficient (Wildman–Crippen LogP) is 4.50. The maximum Gasteiger partial charge on any atom is 0.205 e. The van der Waals surface area contributed by atoms with Crippen LogP contribution in [0.1, 0.15) is 22.3 Å². The van der Waals surface area contributed by atoms with Crippen LogP contribution in [-0.2, 0) is 40.1 Å². The molecule has 4 aromatic rings. The first kappa shape index (κ1) is 29.1. The Morgan fingerprint density at radius 3 is 1.56 bits per heavy atom. The van der Waals surface area contributed by atoms with Crippen molar-refractivity contribution < 1.29 is 29.5 Å². The number of benzene rings is 4. The molecule has 5 rings (SSSR count). The lowest BCUT2D eigenvalue weighted by Crippen LogP contribution is -2.82. The molecular weight excluding hydrogens is 516 g/mol. The minimum absolute atomic E-state index is 0.0381. The highest BCUT2D eigenvalue weighted by Crippen LogP contribution is 2.52. The summed E-state index contributed by atoms with van der Waals surface area (Å²) in [6.07, 6.45) is -2.22. The molecule has 1 aliphatic heterocycles. The van der Waals surface area contributed by atoms with Gasteiger partial charge in [0.2, 0.25) is 5.79 Å². The summed E-state index contributed by atoms with van der Waals surface area (Å²) in [5.41, 5.74) is -0.119. The number of aliphatic hydroxyl groups is 3. The SMILES string of the molecule is CO[C@@]1(Cc2ccccc2)O[C@H](CO)[C@@H](O)[C@@](O)(Cc2ccccc2)[C@]1(Cc1ccccc1)OCc1ccccc1. The van der Waals surface area contributed by atoms with Gasteiger partial charge >= 0.3 is 0 Å². The van der Waals surface area contributed by atoms with Crippen LogP contribution in [0.15, 0.2) is 121 Å². The Morgan fingerprint density at radius 1 is 0.659 bits per heavy atom. The molecule has 0 saturated carbocycles. The van der Waals surface area contributed by atoms with Crippen LogP contribution in [0.2, 0.25) is 0 Å². The fourth-order valence-corrected chi connectivity index (χ4v) is 6.14. The first-order valence-corrected chi connectivity index (χ1v) is 14.0. The van der Waals surface area contributed by atoms with E-state index in [9.17, 15) is 15.3 Å². The Kier molecular flexibility index (Phi) is 9.00. The topological polar surface area (TPSA) is 88.4 Å². The number of rotatable bonds is 11. The second kappa shape index (κ2) is 12.7. The summed E-state index contributed by atoms with van der Waals surface area (Å²) in [6, 6.07) is 38.6. The molecule has 1 fully saturated rings. The Morgan fingerprint density at radius 2 is 1.10 bits per heavy atom. The summed E-state index contributed by atoms with van der Waals surface area (Å²) in [6.45, 7) is -0.386. The molecule has 0 aliphatic carbocycles. The van der Waals surface area contributed by atoms with Crippen molar-refractivity contribution in [2.45, 2.75) is 55.1 Å². The zero-order valence-corrected chi connectivity index (χ0v) is 23.3. The molecule has 4 aromatic carbocycles. The molecule has 0 bridgehead atoms. The maximum atomic E-state index is 13.0. The predicted molar refractivity (Wildman–Crippen MR) is 157 cm³/mol. The molecule has 1 heterocycles. The van der Waals surface area contributed by atoms with Crippen molar-refractivity contribution in [3.8, 4) is 0 Å². The third kappa shape index (κ3) is 5.72. The number of methoxy groups -OCH3 is 1. The van der Waals surface area contributed by atoms with Gasteiger partial charge in [-0.1, -0.05) is 121 Å². The molecule has 3 N–H and O–H groups in total. The van der Waals surface area contributed by atoms with Gasteiger partial charge < -0.3 is 29.5 Å². The highest BCUT2D eigenvalue weighted by atomic mass is 16.7. The first-order chi connectivity index (χ1) is 20.0. The Labute approximate surface area is 241 Å². The van der Waals surface area contributed by atoms with Crippen molar-refractivity contribution in [2.24, 2.45) is 0 Å². The van der Waals surface area contributed by atoms with Gasteiger partial charge in [-0.15, -0.1) is 0 Å². The molecule has 5 atom stereocenters. The van der Waals surface area contributed by atoms with Crippen molar-refractivity contribution in [1.29, 1.82) is 0 Å². The molecule has 6 nitrogen and oxygen atoms in total. The summed E-state index contributed by atoms with van der Waals surface area (Å²) >= 11 is 0. The van der Waals surface area contributed by atoms with E-state index in [0.29, 0.717) is 0 Å². The molecule has 214 valence electrons. The molecule has 0 aromatic heterocycles. The van der Waals surface area contributed by atoms with Gasteiger partial charge in [0.15, 0.2) is 5.60 Å². The molecule has 0 radical (unpaired) electrons. The van der Waals surface area contributed by atoms with E-state index < -0.39 is 35.8 Å². The van der Waals surface area contributed by atoms with Gasteiger partial charge in [0.1, 0.15) is 17.8 Å². The van der Waals surface area contributed by atoms with Gasteiger partial charge in [-0.2, -0.15) is 0 Å². The van der Waals surface area contributed by atoms with E-state index in [1.807, 2.05) is 121 Å². The first-order valence-electron chi connectivity index (χ1n) is 14.0. The third-order valence-corrected chi connectivity index (χ3v) is 8.23. The van der Waals surface area contributed by atoms with Crippen LogP contribution in [0.25, 0.3) is 0 Å². The highest BCUT2D eigenvalue weighted by molar-refractivity contribution is 5.32. The van der Waals surface area contributed by atoms with Crippen molar-refractivity contribution in [3.05, 3.63) is 144 Å². The summed E-state index contributed by atoms with van der Waals surface area (Å²) in [7, 11) is 1.53. The minimum Gasteiger partial charge on any atom is -0.394 e. The average molecular weight is 555 g/mol. The van der Waals surface area contributed by atoms with Gasteiger partial charge in [-0.25, -0.2) is 0 Å². The summed E-state index contributed by atoms with van der Waals surface area (Å²) in [5.74, 6) is -1.60. The van der Waals surface area contributed by atoms with Crippen LogP contribution in [-0.4, -0.2) is 58.2 Å². The van der Waals surface area contributed by atoms with Gasteiger partial charge in [-0.05, 0) is 22.3 Å². The molecule has 0 amide bonds. The molecule has 1 aliphatic rings. The lowest BCUT2D eigenvalue weighted by atomic mass is 9.62. The van der Waals surface area contributed by atoms with Crippen LogP contribution in [0.3, 0.4) is 0 Å². The van der Waals surface area contributed by atoms with E-state index in [2.05, 4.69) is 0 Å². The Balaban J connectivity index is 1.75. The molecule has 1 saturated heterocycles. The fourth-order valence-electron chi connectivity index (χ4n) is 6.14. The lowest BCUT2D eigenvalue weighted by molar-refractivity contribution is -0.431. The van der Waals surface area contributed by atoms with E-state index in [-0.39, 0.29) is 25.9 Å². The summed E-state index contributed by atoms with van der Waals surface area (Å²) in [5, 5.41) is 35.4. The highest BCUT2D eigenvalue weighted by Gasteiger charge is 2.73. The zero-order chi connectivity index (χ0) is 28.8. The standard InChI is InChI=1S/C35H38O6/c1-39-35(24-29-18-10-4-11-19-29)34(23-28-16-8-3-9-17-28,40-26-30-20-12-5-13-21-30)33(38,32(37)31(25-36)41-35)22-27-14-6-2-7-15-27/h2-21,31-32,36-38H,22-26H2,1H3/t31-,32-,33+,34+,35+/m1/s1. The van der Waals surface area contributed by atoms with Gasteiger partial charge in [0.25, 0.3) is 0 Å². The van der Waals surface area contributed by atoms with E-state index in [0.717, 1.165) is 22.3 Å². The van der Waals surface area contributed by atoms with Crippen molar-refractivity contribution in [2.75, 3.05) is 13.7 Å². The van der Waals surface area contributed by atoms with Gasteiger partial charge in [0, 0.05) is 26.4 Å². The summed E-state index contributed by atoms with van der Waals surface area (Å²) in [4.78, 5) is 0. The third-order valence-electron chi connectivity index (χ3n) is 8.23. The molecular formula is C35H38O6. The molecule has 41 heavy (non-hydrogen) atoms. The maximum absolute atomic E-state index is 13.0. The van der Waals surface area contributed by atoms with Crippen molar-refractivity contribution in [1.82, 2.24) is 0 Å². The van der Waals surface area contributed by atoms with Crippen molar-refractivity contribution >= 4 is 0 Å². The monoisotopic (exact) mass is 554 g/mol. The second-order valence-electron chi connectivity index (χ2n) is 10.8. The Hall–Kier alpha value is -3.36. The van der Waals surface area contributed by atoms with Gasteiger partial charge in [0.05, 0.1) is 13.2 Å². The fraction of sp³-hybridized carbons (Fsp3) is 0.314. The number of hydrogen-bond donors (Lipinski definition) is 3. The summed E-state index contributed by atoms with van der Waals surface area (Å²) < 4.78 is 19.9. The molecule has 6 heteroatoms. The van der Waals surface area contributed by atoms with Crippen LogP contribution in [0.5, 0.6) is 0 Å². The van der Waals surface area contributed by atoms with Crippen LogP contribution >= 0.6 is 0 Å². The normalized spacial score (nSPS) is 27.9. The average Bonchev–Trinajstić information content (AvgIpc) is 3.02. The number of aliphatic hydroxyl groups excluding tert-OH is 2. The largest absolute Gasteiger partial charge is 0.394 e. The van der Waals surface area contributed by atoms with Crippen LogP contribution in [0, 0.1) is 0 Å². The van der Waals surface area contributed by atoms with E-state index in [1.54, 1.807) is 0 Å². The van der Waals surface area contributed by atoms with Crippen molar-refractivity contribution in [3.63, 3.8) is 0 Å². The van der Waals surface area contributed by atoms with Gasteiger partial charge in [-0.3, -0.25) is 0 Å². The molecule has 0 spiro atoms. The number of hydrogen-bond acceptors (Lipinski definition) is 6. The smallest absolute Gasteiger partial charge is 0.205 e. The second-order valence-corrected chi connectivity index (χ2v) is 10.8. The van der Waals surface area contributed by atoms with E-state index >= 15 is 0 Å². The van der Waals surface area contributed by atoms with E-state index in [4.69, 9.17) is 14.2 Å². The minimum atomic E-state index is -1.95.